The molecule has 0 saturated carbocycles. The summed E-state index contributed by atoms with van der Waals surface area (Å²) in [6, 6.07) is 17.0. The predicted octanol–water partition coefficient (Wildman–Crippen LogP) is 4.26. The van der Waals surface area contributed by atoms with Gasteiger partial charge < -0.3 is 4.74 Å². The lowest BCUT2D eigenvalue weighted by molar-refractivity contribution is -0.118. The van der Waals surface area contributed by atoms with Gasteiger partial charge in [-0.3, -0.25) is 10.1 Å². The summed E-state index contributed by atoms with van der Waals surface area (Å²) >= 11 is 1.36. The third-order valence-corrected chi connectivity index (χ3v) is 4.53. The average Bonchev–Trinajstić information content (AvgIpc) is 3.15. The number of amides is 1. The Labute approximate surface area is 155 Å². The zero-order valence-electron chi connectivity index (χ0n) is 14.2. The zero-order chi connectivity index (χ0) is 18.4. The van der Waals surface area contributed by atoms with E-state index in [4.69, 9.17) is 10.00 Å². The molecule has 0 aliphatic heterocycles. The number of aromatic nitrogens is 1. The van der Waals surface area contributed by atoms with E-state index in [0.717, 1.165) is 17.7 Å². The van der Waals surface area contributed by atoms with E-state index in [9.17, 15) is 4.79 Å². The maximum absolute atomic E-state index is 12.1. The van der Waals surface area contributed by atoms with Crippen LogP contribution in [0.2, 0.25) is 0 Å². The van der Waals surface area contributed by atoms with E-state index in [1.165, 1.54) is 16.9 Å². The molecule has 1 N–H and O–H groups in total. The van der Waals surface area contributed by atoms with Gasteiger partial charge in [-0.25, -0.2) is 4.98 Å². The van der Waals surface area contributed by atoms with Gasteiger partial charge in [0.05, 0.1) is 11.3 Å². The van der Waals surface area contributed by atoms with Gasteiger partial charge in [-0.05, 0) is 24.1 Å². The molecule has 3 aromatic rings. The van der Waals surface area contributed by atoms with Crippen LogP contribution >= 0.6 is 11.3 Å². The number of carbonyl (C=O) groups is 1. The maximum atomic E-state index is 12.1. The number of hydrogen-bond acceptors (Lipinski definition) is 5. The van der Waals surface area contributed by atoms with E-state index >= 15 is 0 Å². The molecule has 0 saturated heterocycles. The molecule has 130 valence electrons. The lowest BCUT2D eigenvalue weighted by Gasteiger charge is -2.06. The Morgan fingerprint density at radius 1 is 1.23 bits per heavy atom. The Morgan fingerprint density at radius 2 is 2.00 bits per heavy atom. The first-order chi connectivity index (χ1) is 12.7. The maximum Gasteiger partial charge on any atom is 0.264 e. The molecule has 2 aromatic carbocycles. The van der Waals surface area contributed by atoms with E-state index in [1.54, 1.807) is 24.3 Å². The van der Waals surface area contributed by atoms with Crippen molar-refractivity contribution in [3.05, 3.63) is 65.0 Å². The quantitative estimate of drug-likeness (QED) is 0.710. The molecule has 0 aliphatic carbocycles. The number of hydrogen-bond donors (Lipinski definition) is 1. The van der Waals surface area contributed by atoms with Crippen LogP contribution in [0, 0.1) is 11.3 Å². The van der Waals surface area contributed by atoms with Crippen LogP contribution in [-0.4, -0.2) is 17.5 Å². The molecule has 1 amide bonds. The van der Waals surface area contributed by atoms with Gasteiger partial charge in [0.25, 0.3) is 5.91 Å². The van der Waals surface area contributed by atoms with Gasteiger partial charge in [0.15, 0.2) is 11.7 Å². The molecule has 1 aromatic heterocycles. The topological polar surface area (TPSA) is 75.0 Å². The van der Waals surface area contributed by atoms with Crippen LogP contribution in [-0.2, 0) is 11.2 Å². The van der Waals surface area contributed by atoms with Crippen molar-refractivity contribution in [2.24, 2.45) is 0 Å². The molecule has 5 nitrogen and oxygen atoms in total. The van der Waals surface area contributed by atoms with Crippen LogP contribution in [0.25, 0.3) is 11.3 Å². The molecule has 0 spiro atoms. The number of anilines is 1. The number of benzene rings is 2. The molecule has 0 atom stereocenters. The van der Waals surface area contributed by atoms with E-state index in [-0.39, 0.29) is 12.5 Å². The normalized spacial score (nSPS) is 10.2. The molecular weight excluding hydrogens is 346 g/mol. The number of thiazole rings is 1. The van der Waals surface area contributed by atoms with E-state index < -0.39 is 0 Å². The summed E-state index contributed by atoms with van der Waals surface area (Å²) in [5, 5.41) is 14.2. The molecule has 0 aliphatic rings. The van der Waals surface area contributed by atoms with Gasteiger partial charge in [-0.15, -0.1) is 11.3 Å². The fraction of sp³-hybridized carbons (Fsp3) is 0.150. The highest BCUT2D eigenvalue weighted by molar-refractivity contribution is 7.14. The number of ether oxygens (including phenoxy) is 1. The molecule has 0 bridgehead atoms. The molecular formula is C20H17N3O2S. The Hall–Kier alpha value is -3.17. The number of nitrogens with zero attached hydrogens (tertiary/aromatic N) is 2. The van der Waals surface area contributed by atoms with Crippen molar-refractivity contribution in [1.29, 1.82) is 5.26 Å². The molecule has 3 rings (SSSR count). The Balaban J connectivity index is 1.60. The second kappa shape index (κ2) is 8.28. The van der Waals surface area contributed by atoms with Crippen molar-refractivity contribution in [2.45, 2.75) is 13.3 Å². The molecule has 1 heterocycles. The van der Waals surface area contributed by atoms with Gasteiger partial charge in [0.1, 0.15) is 11.8 Å². The van der Waals surface area contributed by atoms with Crippen LogP contribution in [0.15, 0.2) is 53.9 Å². The number of aryl methyl sites for hydroxylation is 1. The second-order valence-electron chi connectivity index (χ2n) is 5.53. The zero-order valence-corrected chi connectivity index (χ0v) is 15.0. The molecule has 26 heavy (non-hydrogen) atoms. The lowest BCUT2D eigenvalue weighted by Crippen LogP contribution is -2.20. The Bertz CT molecular complexity index is 942. The number of rotatable bonds is 6. The van der Waals surface area contributed by atoms with Crippen LogP contribution in [0.1, 0.15) is 18.1 Å². The lowest BCUT2D eigenvalue weighted by atomic mass is 10.1. The van der Waals surface area contributed by atoms with E-state index in [0.29, 0.717) is 16.4 Å². The Kier molecular flexibility index (Phi) is 5.62. The highest BCUT2D eigenvalue weighted by Gasteiger charge is 2.10. The van der Waals surface area contributed by atoms with E-state index in [1.807, 2.05) is 23.6 Å². The largest absolute Gasteiger partial charge is 0.482 e. The highest BCUT2D eigenvalue weighted by Crippen LogP contribution is 2.25. The molecule has 0 fully saturated rings. The number of carbonyl (C=O) groups excluding carboxylic acids is 1. The minimum absolute atomic E-state index is 0.182. The summed E-state index contributed by atoms with van der Waals surface area (Å²) in [5.41, 5.74) is 3.50. The minimum Gasteiger partial charge on any atom is -0.482 e. The summed E-state index contributed by atoms with van der Waals surface area (Å²) in [4.78, 5) is 16.5. The van der Waals surface area contributed by atoms with Crippen molar-refractivity contribution in [1.82, 2.24) is 4.98 Å². The smallest absolute Gasteiger partial charge is 0.264 e. The number of nitriles is 1. The van der Waals surface area contributed by atoms with Crippen molar-refractivity contribution in [2.75, 3.05) is 11.9 Å². The fourth-order valence-corrected chi connectivity index (χ4v) is 3.09. The fourth-order valence-electron chi connectivity index (χ4n) is 2.36. The molecule has 0 unspecified atom stereocenters. The van der Waals surface area contributed by atoms with Crippen molar-refractivity contribution < 1.29 is 9.53 Å². The summed E-state index contributed by atoms with van der Waals surface area (Å²) in [5.74, 6) is 0.0703. The first-order valence-corrected chi connectivity index (χ1v) is 9.04. The summed E-state index contributed by atoms with van der Waals surface area (Å²) in [6.07, 6.45) is 0.994. The SMILES string of the molecule is CCc1ccc(-c2csc(NC(=O)COc3ccccc3C#N)n2)cc1. The van der Waals surface area contributed by atoms with Gasteiger partial charge in [-0.2, -0.15) is 5.26 Å². The van der Waals surface area contributed by atoms with Gasteiger partial charge in [0.2, 0.25) is 0 Å². The summed E-state index contributed by atoms with van der Waals surface area (Å²) < 4.78 is 5.42. The summed E-state index contributed by atoms with van der Waals surface area (Å²) in [6.45, 7) is 1.93. The number of para-hydroxylation sites is 1. The van der Waals surface area contributed by atoms with Gasteiger partial charge in [-0.1, -0.05) is 43.3 Å². The summed E-state index contributed by atoms with van der Waals surface area (Å²) in [7, 11) is 0. The average molecular weight is 363 g/mol. The molecule has 6 heteroatoms. The standard InChI is InChI=1S/C20H17N3O2S/c1-2-14-7-9-15(10-8-14)17-13-26-20(22-17)23-19(24)12-25-18-6-4-3-5-16(18)11-21/h3-10,13H,2,12H2,1H3,(H,22,23,24). The van der Waals surface area contributed by atoms with Crippen molar-refractivity contribution >= 4 is 22.4 Å². The number of nitrogens with one attached hydrogen (secondary N) is 1. The monoisotopic (exact) mass is 363 g/mol. The van der Waals surface area contributed by atoms with E-state index in [2.05, 4.69) is 29.4 Å². The first kappa shape index (κ1) is 17.6. The predicted molar refractivity (Wildman–Crippen MR) is 102 cm³/mol. The first-order valence-electron chi connectivity index (χ1n) is 8.16. The molecule has 0 radical (unpaired) electrons. The van der Waals surface area contributed by atoms with Crippen LogP contribution in [0.5, 0.6) is 5.75 Å². The third-order valence-electron chi connectivity index (χ3n) is 3.77. The highest BCUT2D eigenvalue weighted by atomic mass is 32.1. The van der Waals surface area contributed by atoms with Crippen LogP contribution < -0.4 is 10.1 Å². The van der Waals surface area contributed by atoms with Crippen LogP contribution in [0.3, 0.4) is 0 Å². The van der Waals surface area contributed by atoms with Gasteiger partial charge in [0, 0.05) is 10.9 Å². The second-order valence-corrected chi connectivity index (χ2v) is 6.39. The van der Waals surface area contributed by atoms with Crippen LogP contribution in [0.4, 0.5) is 5.13 Å². The third kappa shape index (κ3) is 4.26. The van der Waals surface area contributed by atoms with Crippen molar-refractivity contribution in [3.63, 3.8) is 0 Å². The minimum atomic E-state index is -0.319. The Morgan fingerprint density at radius 3 is 2.73 bits per heavy atom. The van der Waals surface area contributed by atoms with Gasteiger partial charge >= 0.3 is 0 Å². The van der Waals surface area contributed by atoms with Crippen molar-refractivity contribution in [3.8, 4) is 23.1 Å².